The summed E-state index contributed by atoms with van der Waals surface area (Å²) in [4.78, 5) is 4.68. The number of likely N-dealkylation sites (tertiary alicyclic amines) is 2. The molecular weight excluding hydrogens is 608 g/mol. The van der Waals surface area contributed by atoms with E-state index in [1.165, 1.54) is 0 Å². The van der Waals surface area contributed by atoms with Crippen molar-refractivity contribution in [2.75, 3.05) is 26.2 Å². The predicted octanol–water partition coefficient (Wildman–Crippen LogP) is 3.28. The van der Waals surface area contributed by atoms with Crippen molar-refractivity contribution in [3.05, 3.63) is 71.8 Å². The molecule has 0 radical (unpaired) electrons. The molecule has 2 aromatic carbocycles. The maximum atomic E-state index is 12.7. The Kier molecular flexibility index (Phi) is 5.79. The van der Waals surface area contributed by atoms with Gasteiger partial charge < -0.3 is 29.9 Å². The number of phenols is 2. The van der Waals surface area contributed by atoms with Gasteiger partial charge in [0.1, 0.15) is 0 Å². The Morgan fingerprint density at radius 1 is 0.708 bits per heavy atom. The number of aliphatic hydroxyl groups is 2. The maximum Gasteiger partial charge on any atom is 0.166 e. The van der Waals surface area contributed by atoms with E-state index in [4.69, 9.17) is 19.7 Å². The molecule has 250 valence electrons. The van der Waals surface area contributed by atoms with Gasteiger partial charge in [0.25, 0.3) is 0 Å². The zero-order valence-electron chi connectivity index (χ0n) is 27.1. The molecule has 4 N–H and O–H groups in total. The van der Waals surface area contributed by atoms with Gasteiger partial charge >= 0.3 is 0 Å². The summed E-state index contributed by atoms with van der Waals surface area (Å²) in [7, 11) is 0. The number of piperidine rings is 2. The first kappa shape index (κ1) is 29.2. The largest absolute Gasteiger partial charge is 0.504 e. The van der Waals surface area contributed by atoms with Crippen molar-refractivity contribution < 1.29 is 29.9 Å². The van der Waals surface area contributed by atoms with Gasteiger partial charge in [-0.3, -0.25) is 9.80 Å². The number of ether oxygens (including phenoxy) is 2. The minimum absolute atomic E-state index is 0.0885. The smallest absolute Gasteiger partial charge is 0.166 e. The van der Waals surface area contributed by atoms with Crippen LogP contribution in [0.2, 0.25) is 0 Å². The maximum absolute atomic E-state index is 12.7. The van der Waals surface area contributed by atoms with Gasteiger partial charge in [-0.2, -0.15) is 10.2 Å². The molecule has 0 amide bonds. The molecule has 10 nitrogen and oxygen atoms in total. The third kappa shape index (κ3) is 3.15. The zero-order chi connectivity index (χ0) is 32.8. The van der Waals surface area contributed by atoms with Gasteiger partial charge in [0.15, 0.2) is 35.2 Å². The first-order valence-electron chi connectivity index (χ1n) is 17.5. The Hall–Kier alpha value is -3.70. The normalized spacial score (nSPS) is 41.4. The van der Waals surface area contributed by atoms with Gasteiger partial charge in [-0.05, 0) is 74.6 Å². The molecule has 4 fully saturated rings. The molecule has 2 aromatic rings. The van der Waals surface area contributed by atoms with E-state index >= 15 is 0 Å². The number of benzene rings is 2. The van der Waals surface area contributed by atoms with Crippen molar-refractivity contribution in [1.82, 2.24) is 9.80 Å². The minimum atomic E-state index is -1.06. The SMILES string of the molecule is C=CCN1CC[C@]23c4c5ccc(O)c4OC2C(=NN=C2CC[C@@]4(O)[C@H]6Cc7ccc(O)c8c7[C@@]4(CCN6CC=C)C2O8)CC[C@@]3(O)[C@H]1C5. The Morgan fingerprint density at radius 2 is 1.15 bits per heavy atom. The van der Waals surface area contributed by atoms with Crippen LogP contribution in [0.3, 0.4) is 0 Å². The van der Waals surface area contributed by atoms with Crippen molar-refractivity contribution in [2.24, 2.45) is 10.2 Å². The molecule has 48 heavy (non-hydrogen) atoms. The van der Waals surface area contributed by atoms with Gasteiger partial charge in [0.2, 0.25) is 0 Å². The Bertz CT molecular complexity index is 1740. The average Bonchev–Trinajstić information content (AvgIpc) is 3.61. The molecule has 2 spiro atoms. The van der Waals surface area contributed by atoms with E-state index in [-0.39, 0.29) is 23.6 Å². The molecule has 4 bridgehead atoms. The summed E-state index contributed by atoms with van der Waals surface area (Å²) in [5.74, 6) is 1.11. The van der Waals surface area contributed by atoms with Crippen LogP contribution in [0.25, 0.3) is 0 Å². The number of aromatic hydroxyl groups is 2. The molecular formula is C38H42N4O6. The fourth-order valence-corrected chi connectivity index (χ4v) is 12.0. The van der Waals surface area contributed by atoms with E-state index in [9.17, 15) is 20.4 Å². The van der Waals surface area contributed by atoms with Crippen molar-refractivity contribution in [3.8, 4) is 23.0 Å². The van der Waals surface area contributed by atoms with E-state index in [1.54, 1.807) is 12.1 Å². The van der Waals surface area contributed by atoms with Crippen molar-refractivity contribution >= 4 is 11.4 Å². The summed E-state index contributed by atoms with van der Waals surface area (Å²) in [5, 5.41) is 57.4. The molecule has 0 aromatic heterocycles. The van der Waals surface area contributed by atoms with Crippen LogP contribution in [0, 0.1) is 0 Å². The van der Waals surface area contributed by atoms with E-state index in [1.807, 2.05) is 24.3 Å². The van der Waals surface area contributed by atoms with Crippen LogP contribution in [-0.4, -0.2) is 103 Å². The van der Waals surface area contributed by atoms with Crippen molar-refractivity contribution in [3.63, 3.8) is 0 Å². The molecule has 8 atom stereocenters. The van der Waals surface area contributed by atoms with Crippen molar-refractivity contribution in [2.45, 2.75) is 97.7 Å². The highest BCUT2D eigenvalue weighted by molar-refractivity contribution is 5.97. The highest BCUT2D eigenvalue weighted by Crippen LogP contribution is 2.66. The Morgan fingerprint density at radius 3 is 1.56 bits per heavy atom. The second-order valence-electron chi connectivity index (χ2n) is 15.4. The first-order valence-corrected chi connectivity index (χ1v) is 17.5. The van der Waals surface area contributed by atoms with Crippen LogP contribution < -0.4 is 9.47 Å². The summed E-state index contributed by atoms with van der Waals surface area (Å²) in [5.41, 5.74) is 1.99. The van der Waals surface area contributed by atoms with Crippen LogP contribution >= 0.6 is 0 Å². The highest BCUT2D eigenvalue weighted by Gasteiger charge is 2.74. The van der Waals surface area contributed by atoms with Crippen LogP contribution in [0.15, 0.2) is 59.8 Å². The topological polar surface area (TPSA) is 131 Å². The van der Waals surface area contributed by atoms with Gasteiger partial charge in [-0.15, -0.1) is 13.2 Å². The third-order valence-electron chi connectivity index (χ3n) is 13.8. The number of hydrogen-bond donors (Lipinski definition) is 4. The number of phenolic OH excluding ortho intramolecular Hbond substituents is 2. The Labute approximate surface area is 279 Å². The summed E-state index contributed by atoms with van der Waals surface area (Å²) in [6.07, 6.45) is 7.42. The van der Waals surface area contributed by atoms with Crippen LogP contribution in [0.1, 0.15) is 60.8 Å². The quantitative estimate of drug-likeness (QED) is 0.287. The molecule has 2 saturated heterocycles. The fraction of sp³-hybridized carbons (Fsp3) is 0.526. The molecule has 2 saturated carbocycles. The highest BCUT2D eigenvalue weighted by atomic mass is 16.5. The van der Waals surface area contributed by atoms with Gasteiger partial charge in [0.05, 0.1) is 33.5 Å². The summed E-state index contributed by atoms with van der Waals surface area (Å²) < 4.78 is 13.3. The lowest BCUT2D eigenvalue weighted by Crippen LogP contribution is -2.76. The van der Waals surface area contributed by atoms with E-state index in [0.29, 0.717) is 76.0 Å². The zero-order valence-corrected chi connectivity index (χ0v) is 27.1. The molecule has 4 aliphatic heterocycles. The number of hydrogen-bond acceptors (Lipinski definition) is 10. The second-order valence-corrected chi connectivity index (χ2v) is 15.4. The molecule has 2 unspecified atom stereocenters. The molecule has 4 heterocycles. The van der Waals surface area contributed by atoms with Crippen LogP contribution in [-0.2, 0) is 23.7 Å². The van der Waals surface area contributed by atoms with Gasteiger partial charge in [-0.25, -0.2) is 0 Å². The monoisotopic (exact) mass is 650 g/mol. The summed E-state index contributed by atoms with van der Waals surface area (Å²) in [6, 6.07) is 7.18. The van der Waals surface area contributed by atoms with E-state index in [0.717, 1.165) is 46.8 Å². The minimum Gasteiger partial charge on any atom is -0.504 e. The lowest BCUT2D eigenvalue weighted by atomic mass is 9.48. The van der Waals surface area contributed by atoms with Gasteiger partial charge in [0, 0.05) is 49.4 Å². The third-order valence-corrected chi connectivity index (χ3v) is 13.8. The Balaban J connectivity index is 1.08. The summed E-state index contributed by atoms with van der Waals surface area (Å²) >= 11 is 0. The summed E-state index contributed by atoms with van der Waals surface area (Å²) in [6.45, 7) is 10.9. The lowest BCUT2D eigenvalue weighted by Gasteiger charge is -2.63. The van der Waals surface area contributed by atoms with Gasteiger partial charge in [-0.1, -0.05) is 24.3 Å². The second kappa shape index (κ2) is 9.50. The number of rotatable bonds is 5. The van der Waals surface area contributed by atoms with Crippen LogP contribution in [0.5, 0.6) is 23.0 Å². The van der Waals surface area contributed by atoms with E-state index in [2.05, 4.69) is 23.0 Å². The first-order chi connectivity index (χ1) is 23.2. The van der Waals surface area contributed by atoms with E-state index < -0.39 is 34.2 Å². The molecule has 10 rings (SSSR count). The average molecular weight is 651 g/mol. The van der Waals surface area contributed by atoms with Crippen LogP contribution in [0.4, 0.5) is 0 Å². The fourth-order valence-electron chi connectivity index (χ4n) is 12.0. The van der Waals surface area contributed by atoms with Crippen molar-refractivity contribution in [1.29, 1.82) is 0 Å². The lowest BCUT2D eigenvalue weighted by molar-refractivity contribution is -0.164. The molecule has 8 aliphatic rings. The molecule has 10 heteroatoms. The standard InChI is InChI=1S/C38H42N4O6/c1-3-15-41-17-13-35-29-21-5-7-25(43)31(29)47-33(35)23(9-11-37(35,45)27(41)19-21)39-40-24-10-12-38(46)28-20-22-6-8-26(44)32-30(22)36(38,34(24)48-32)14-18-42(28)16-4-2/h3-8,27-28,33-34,43-46H,1-2,9-20H2/t27-,28-,33?,34?,35+,36+,37-,38-/m1/s1. The number of nitrogens with zero attached hydrogens (tertiary/aromatic N) is 4. The predicted molar refractivity (Wildman–Crippen MR) is 179 cm³/mol. The molecule has 4 aliphatic carbocycles.